The molecule has 24 heavy (non-hydrogen) atoms. The van der Waals surface area contributed by atoms with Crippen LogP contribution in [0.25, 0.3) is 0 Å². The van der Waals surface area contributed by atoms with E-state index in [1.54, 1.807) is 0 Å². The molecule has 0 bridgehead atoms. The lowest BCUT2D eigenvalue weighted by Crippen LogP contribution is -2.46. The van der Waals surface area contributed by atoms with E-state index < -0.39 is 0 Å². The Balaban J connectivity index is 1.71. The van der Waals surface area contributed by atoms with Crippen LogP contribution in [0.2, 0.25) is 0 Å². The monoisotopic (exact) mass is 337 g/mol. The highest BCUT2D eigenvalue weighted by Gasteiger charge is 2.28. The third kappa shape index (κ3) is 5.36. The number of hydrogen-bond acceptors (Lipinski definition) is 3. The van der Waals surface area contributed by atoms with E-state index in [0.29, 0.717) is 12.0 Å². The lowest BCUT2D eigenvalue weighted by Gasteiger charge is -2.21. The molecule has 138 valence electrons. The zero-order valence-electron chi connectivity index (χ0n) is 15.8. The second-order valence-electron chi connectivity index (χ2n) is 7.48. The molecule has 0 saturated carbocycles. The highest BCUT2D eigenvalue weighted by atomic mass is 16.2. The summed E-state index contributed by atoms with van der Waals surface area (Å²) in [5.41, 5.74) is 0. The van der Waals surface area contributed by atoms with Gasteiger partial charge in [-0.3, -0.25) is 9.79 Å². The van der Waals surface area contributed by atoms with Crippen LogP contribution < -0.4 is 10.6 Å². The first-order valence-electron chi connectivity index (χ1n) is 9.51. The van der Waals surface area contributed by atoms with Crippen molar-refractivity contribution in [3.8, 4) is 0 Å². The maximum absolute atomic E-state index is 12.1. The Labute approximate surface area is 147 Å². The van der Waals surface area contributed by atoms with E-state index >= 15 is 0 Å². The third-order valence-electron chi connectivity index (χ3n) is 5.03. The molecule has 1 amide bonds. The van der Waals surface area contributed by atoms with E-state index in [1.807, 2.05) is 25.8 Å². The molecule has 0 aromatic carbocycles. The topological polar surface area (TPSA) is 60.0 Å². The smallest absolute Gasteiger partial charge is 0.225 e. The molecular formula is C18H35N5O. The second kappa shape index (κ2) is 9.25. The van der Waals surface area contributed by atoms with Gasteiger partial charge in [-0.25, -0.2) is 0 Å². The van der Waals surface area contributed by atoms with Crippen molar-refractivity contribution in [1.82, 2.24) is 20.4 Å². The molecule has 2 fully saturated rings. The van der Waals surface area contributed by atoms with Gasteiger partial charge in [-0.1, -0.05) is 20.8 Å². The Morgan fingerprint density at radius 1 is 1.25 bits per heavy atom. The van der Waals surface area contributed by atoms with Crippen molar-refractivity contribution in [1.29, 1.82) is 0 Å². The summed E-state index contributed by atoms with van der Waals surface area (Å²) in [7, 11) is 1.82. The zero-order chi connectivity index (χ0) is 17.5. The van der Waals surface area contributed by atoms with Crippen molar-refractivity contribution in [3.05, 3.63) is 0 Å². The normalized spacial score (nSPS) is 25.5. The van der Waals surface area contributed by atoms with Gasteiger partial charge in [0.1, 0.15) is 0 Å². The molecule has 2 unspecified atom stereocenters. The average Bonchev–Trinajstić information content (AvgIpc) is 3.20. The Kier molecular flexibility index (Phi) is 7.34. The van der Waals surface area contributed by atoms with Crippen molar-refractivity contribution in [2.75, 3.05) is 46.3 Å². The molecule has 0 spiro atoms. The van der Waals surface area contributed by atoms with E-state index in [9.17, 15) is 4.79 Å². The molecule has 6 heteroatoms. The average molecular weight is 338 g/mol. The molecule has 2 atom stereocenters. The Hall–Kier alpha value is -1.30. The first-order valence-corrected chi connectivity index (χ1v) is 9.51. The molecule has 6 nitrogen and oxygen atoms in total. The lowest BCUT2D eigenvalue weighted by atomic mass is 10.1. The summed E-state index contributed by atoms with van der Waals surface area (Å²) in [6.07, 6.45) is 3.49. The van der Waals surface area contributed by atoms with Crippen LogP contribution in [0.15, 0.2) is 4.99 Å². The van der Waals surface area contributed by atoms with Crippen LogP contribution in [0.1, 0.15) is 40.0 Å². The highest BCUT2D eigenvalue weighted by Crippen LogP contribution is 2.15. The minimum absolute atomic E-state index is 0.0784. The lowest BCUT2D eigenvalue weighted by molar-refractivity contribution is -0.133. The maximum Gasteiger partial charge on any atom is 0.225 e. The van der Waals surface area contributed by atoms with Crippen LogP contribution in [0.4, 0.5) is 0 Å². The minimum Gasteiger partial charge on any atom is -0.356 e. The number of nitrogens with one attached hydrogen (secondary N) is 2. The van der Waals surface area contributed by atoms with Crippen LogP contribution in [0, 0.1) is 11.8 Å². The van der Waals surface area contributed by atoms with Gasteiger partial charge in [-0.05, 0) is 38.3 Å². The fourth-order valence-electron chi connectivity index (χ4n) is 3.67. The number of guanidine groups is 1. The molecule has 2 N–H and O–H groups in total. The summed E-state index contributed by atoms with van der Waals surface area (Å²) >= 11 is 0. The van der Waals surface area contributed by atoms with E-state index in [4.69, 9.17) is 0 Å². The standard InChI is InChI=1S/C18H35N5O/c1-5-8-22-9-6-15(12-22)11-20-18(19-4)21-16-7-10-23(13-16)17(24)14(2)3/h14-16H,5-13H2,1-4H3,(H2,19,20,21). The summed E-state index contributed by atoms with van der Waals surface area (Å²) in [4.78, 5) is 20.9. The van der Waals surface area contributed by atoms with Gasteiger partial charge >= 0.3 is 0 Å². The number of nitrogens with zero attached hydrogens (tertiary/aromatic N) is 3. The molecular weight excluding hydrogens is 302 g/mol. The molecule has 0 aliphatic carbocycles. The van der Waals surface area contributed by atoms with Gasteiger partial charge in [0.15, 0.2) is 5.96 Å². The van der Waals surface area contributed by atoms with Gasteiger partial charge in [0, 0.05) is 45.2 Å². The summed E-state index contributed by atoms with van der Waals surface area (Å²) in [6.45, 7) is 12.4. The van der Waals surface area contributed by atoms with Crippen LogP contribution >= 0.6 is 0 Å². The Morgan fingerprint density at radius 3 is 2.71 bits per heavy atom. The summed E-state index contributed by atoms with van der Waals surface area (Å²) in [5.74, 6) is 1.91. The molecule has 0 aromatic rings. The zero-order valence-corrected chi connectivity index (χ0v) is 15.8. The number of aliphatic imine (C=N–C) groups is 1. The van der Waals surface area contributed by atoms with Crippen LogP contribution in [0.5, 0.6) is 0 Å². The van der Waals surface area contributed by atoms with Gasteiger partial charge < -0.3 is 20.4 Å². The predicted molar refractivity (Wildman–Crippen MR) is 99.2 cm³/mol. The van der Waals surface area contributed by atoms with Crippen molar-refractivity contribution in [2.45, 2.75) is 46.1 Å². The first-order chi connectivity index (χ1) is 11.5. The van der Waals surface area contributed by atoms with E-state index in [0.717, 1.165) is 32.0 Å². The van der Waals surface area contributed by atoms with E-state index in [-0.39, 0.29) is 11.8 Å². The molecule has 2 aliphatic rings. The number of rotatable bonds is 6. The summed E-state index contributed by atoms with van der Waals surface area (Å²) < 4.78 is 0. The molecule has 0 radical (unpaired) electrons. The minimum atomic E-state index is 0.0784. The molecule has 2 aliphatic heterocycles. The van der Waals surface area contributed by atoms with Crippen molar-refractivity contribution in [2.24, 2.45) is 16.8 Å². The predicted octanol–water partition coefficient (Wildman–Crippen LogP) is 1.14. The van der Waals surface area contributed by atoms with Gasteiger partial charge in [-0.2, -0.15) is 0 Å². The molecule has 2 rings (SSSR count). The largest absolute Gasteiger partial charge is 0.356 e. The molecule has 2 saturated heterocycles. The summed E-state index contributed by atoms with van der Waals surface area (Å²) in [6, 6.07) is 0.305. The number of amides is 1. The summed E-state index contributed by atoms with van der Waals surface area (Å²) in [5, 5.41) is 6.96. The Bertz CT molecular complexity index is 437. The fraction of sp³-hybridized carbons (Fsp3) is 0.889. The van der Waals surface area contributed by atoms with Crippen molar-refractivity contribution in [3.63, 3.8) is 0 Å². The number of carbonyl (C=O) groups excluding carboxylic acids is 1. The SMILES string of the molecule is CCCN1CCC(CNC(=NC)NC2CCN(C(=O)C(C)C)C2)C1. The number of carbonyl (C=O) groups is 1. The maximum atomic E-state index is 12.1. The van der Waals surface area contributed by atoms with Crippen LogP contribution in [-0.4, -0.2) is 74.0 Å². The van der Waals surface area contributed by atoms with Gasteiger partial charge in [0.25, 0.3) is 0 Å². The number of likely N-dealkylation sites (tertiary alicyclic amines) is 2. The fourth-order valence-corrected chi connectivity index (χ4v) is 3.67. The third-order valence-corrected chi connectivity index (χ3v) is 5.03. The molecule has 2 heterocycles. The second-order valence-corrected chi connectivity index (χ2v) is 7.48. The first kappa shape index (κ1) is 19.0. The van der Waals surface area contributed by atoms with Crippen molar-refractivity contribution < 1.29 is 4.79 Å². The van der Waals surface area contributed by atoms with Crippen molar-refractivity contribution >= 4 is 11.9 Å². The molecule has 0 aromatic heterocycles. The highest BCUT2D eigenvalue weighted by molar-refractivity contribution is 5.81. The van der Waals surface area contributed by atoms with E-state index in [1.165, 1.54) is 32.5 Å². The van der Waals surface area contributed by atoms with E-state index in [2.05, 4.69) is 27.4 Å². The quantitative estimate of drug-likeness (QED) is 0.564. The van der Waals surface area contributed by atoms with Crippen LogP contribution in [0.3, 0.4) is 0 Å². The number of hydrogen-bond donors (Lipinski definition) is 2. The Morgan fingerprint density at radius 2 is 2.04 bits per heavy atom. The van der Waals surface area contributed by atoms with Gasteiger partial charge in [-0.15, -0.1) is 0 Å². The van der Waals surface area contributed by atoms with Gasteiger partial charge in [0.2, 0.25) is 5.91 Å². The van der Waals surface area contributed by atoms with Gasteiger partial charge in [0.05, 0.1) is 0 Å². The van der Waals surface area contributed by atoms with Crippen LogP contribution in [-0.2, 0) is 4.79 Å².